The second-order valence-corrected chi connectivity index (χ2v) is 7.94. The van der Waals surface area contributed by atoms with Gasteiger partial charge in [-0.2, -0.15) is 0 Å². The zero-order chi connectivity index (χ0) is 23.9. The molecule has 4 atom stereocenters. The normalized spacial score (nSPS) is 14.8. The molecule has 0 fully saturated rings. The van der Waals surface area contributed by atoms with Crippen LogP contribution in [-0.2, 0) is 23.9 Å². The van der Waals surface area contributed by atoms with Gasteiger partial charge in [0.25, 0.3) is 0 Å². The molecule has 0 amide bonds. The molecule has 0 aliphatic carbocycles. The maximum atomic E-state index is 12.1. The van der Waals surface area contributed by atoms with Crippen LogP contribution in [0.1, 0.15) is 59.4 Å². The molecule has 9 nitrogen and oxygen atoms in total. The molecule has 0 saturated heterocycles. The van der Waals surface area contributed by atoms with E-state index in [0.29, 0.717) is 5.56 Å². The average Bonchev–Trinajstić information content (AvgIpc) is 2.61. The molecule has 1 aromatic carbocycles. The van der Waals surface area contributed by atoms with Crippen molar-refractivity contribution in [2.45, 2.75) is 66.0 Å². The van der Waals surface area contributed by atoms with E-state index in [1.165, 1.54) is 32.0 Å². The summed E-state index contributed by atoms with van der Waals surface area (Å²) < 4.78 is 15.7. The van der Waals surface area contributed by atoms with E-state index in [1.807, 2.05) is 13.8 Å². The number of carboxylic acids is 1. The minimum atomic E-state index is -1.33. The van der Waals surface area contributed by atoms with Gasteiger partial charge in [0, 0.05) is 32.1 Å². The van der Waals surface area contributed by atoms with Gasteiger partial charge in [-0.3, -0.25) is 19.2 Å². The summed E-state index contributed by atoms with van der Waals surface area (Å²) in [6.07, 6.45) is -0.396. The lowest BCUT2D eigenvalue weighted by Crippen LogP contribution is -2.42. The molecule has 1 rings (SSSR count). The first-order valence-electron chi connectivity index (χ1n) is 10.0. The van der Waals surface area contributed by atoms with E-state index in [1.54, 1.807) is 13.8 Å². The van der Waals surface area contributed by atoms with Crippen molar-refractivity contribution in [2.75, 3.05) is 0 Å². The van der Waals surface area contributed by atoms with Crippen molar-refractivity contribution < 1.29 is 38.5 Å². The molecule has 1 aromatic rings. The van der Waals surface area contributed by atoms with Crippen LogP contribution in [0, 0.1) is 11.8 Å². The average molecular weight is 437 g/mol. The van der Waals surface area contributed by atoms with Gasteiger partial charge >= 0.3 is 23.9 Å². The Morgan fingerprint density at radius 3 is 2.00 bits per heavy atom. The molecule has 0 radical (unpaired) electrons. The lowest BCUT2D eigenvalue weighted by Gasteiger charge is -2.32. The number of esters is 3. The van der Waals surface area contributed by atoms with E-state index in [2.05, 4.69) is 0 Å². The zero-order valence-corrected chi connectivity index (χ0v) is 18.7. The van der Waals surface area contributed by atoms with Gasteiger partial charge in [0.1, 0.15) is 12.1 Å². The number of hydrogen-bond donors (Lipinski definition) is 2. The van der Waals surface area contributed by atoms with Gasteiger partial charge in [0.2, 0.25) is 0 Å². The molecule has 0 aliphatic heterocycles. The summed E-state index contributed by atoms with van der Waals surface area (Å²) in [5.41, 5.74) is 6.41. The summed E-state index contributed by atoms with van der Waals surface area (Å²) >= 11 is 0. The number of carbonyl (C=O) groups excluding carboxylic acids is 3. The van der Waals surface area contributed by atoms with Crippen LogP contribution in [0.3, 0.4) is 0 Å². The van der Waals surface area contributed by atoms with E-state index in [-0.39, 0.29) is 29.8 Å². The largest absolute Gasteiger partial charge is 0.480 e. The van der Waals surface area contributed by atoms with Crippen LogP contribution in [-0.4, -0.2) is 41.1 Å². The molecule has 0 bridgehead atoms. The quantitative estimate of drug-likeness (QED) is 0.417. The predicted octanol–water partition coefficient (Wildman–Crippen LogP) is 2.65. The molecule has 3 N–H and O–H groups in total. The van der Waals surface area contributed by atoms with Crippen LogP contribution in [0.5, 0.6) is 11.5 Å². The van der Waals surface area contributed by atoms with Gasteiger partial charge in [-0.15, -0.1) is 0 Å². The first-order chi connectivity index (χ1) is 14.3. The molecule has 0 aromatic heterocycles. The fraction of sp³-hybridized carbons (Fsp3) is 0.545. The van der Waals surface area contributed by atoms with Crippen LogP contribution in [0.25, 0.3) is 0 Å². The number of ether oxygens (including phenoxy) is 3. The van der Waals surface area contributed by atoms with Gasteiger partial charge in [0.15, 0.2) is 11.5 Å². The SMILES string of the molecule is CC(=O)Oc1ccc(C(C(C)C(C)OC(=O)CC(C)C)[C@H](N)C(=O)O)cc1OC(C)=O. The summed E-state index contributed by atoms with van der Waals surface area (Å²) in [5.74, 6) is -4.08. The molecule has 3 unspecified atom stereocenters. The Balaban J connectivity index is 3.34. The molecule has 0 aliphatic rings. The van der Waals surface area contributed by atoms with Gasteiger partial charge < -0.3 is 25.1 Å². The first-order valence-corrected chi connectivity index (χ1v) is 10.0. The van der Waals surface area contributed by atoms with Crippen molar-refractivity contribution in [3.63, 3.8) is 0 Å². The van der Waals surface area contributed by atoms with Gasteiger partial charge in [0.05, 0.1) is 0 Å². The Hall–Kier alpha value is -2.94. The van der Waals surface area contributed by atoms with Crippen LogP contribution in [0.15, 0.2) is 18.2 Å². The van der Waals surface area contributed by atoms with Crippen LogP contribution in [0.4, 0.5) is 0 Å². The van der Waals surface area contributed by atoms with Crippen molar-refractivity contribution in [1.29, 1.82) is 0 Å². The van der Waals surface area contributed by atoms with Crippen LogP contribution < -0.4 is 15.2 Å². The second-order valence-electron chi connectivity index (χ2n) is 7.94. The minimum absolute atomic E-state index is 0.0122. The molecule has 172 valence electrons. The van der Waals surface area contributed by atoms with E-state index in [9.17, 15) is 24.3 Å². The van der Waals surface area contributed by atoms with Gasteiger partial charge in [-0.1, -0.05) is 26.8 Å². The summed E-state index contributed by atoms with van der Waals surface area (Å²) in [5, 5.41) is 9.55. The monoisotopic (exact) mass is 437 g/mol. The lowest BCUT2D eigenvalue weighted by atomic mass is 9.79. The molecular formula is C22H31NO8. The predicted molar refractivity (Wildman–Crippen MR) is 112 cm³/mol. The second kappa shape index (κ2) is 11.5. The van der Waals surface area contributed by atoms with Gasteiger partial charge in [-0.25, -0.2) is 0 Å². The summed E-state index contributed by atoms with van der Waals surface area (Å²) in [6.45, 7) is 9.56. The summed E-state index contributed by atoms with van der Waals surface area (Å²) in [7, 11) is 0. The lowest BCUT2D eigenvalue weighted by molar-refractivity contribution is -0.152. The number of carbonyl (C=O) groups is 4. The van der Waals surface area contributed by atoms with Crippen LogP contribution in [0.2, 0.25) is 0 Å². The minimum Gasteiger partial charge on any atom is -0.480 e. The third kappa shape index (κ3) is 8.01. The zero-order valence-electron chi connectivity index (χ0n) is 18.7. The molecular weight excluding hydrogens is 406 g/mol. The number of aliphatic carboxylic acids is 1. The molecule has 0 spiro atoms. The number of hydrogen-bond acceptors (Lipinski definition) is 8. The van der Waals surface area contributed by atoms with Crippen molar-refractivity contribution in [3.8, 4) is 11.5 Å². The Kier molecular flexibility index (Phi) is 9.64. The fourth-order valence-electron chi connectivity index (χ4n) is 3.19. The van der Waals surface area contributed by atoms with Crippen molar-refractivity contribution >= 4 is 23.9 Å². The third-order valence-electron chi connectivity index (χ3n) is 4.73. The molecule has 9 heteroatoms. The smallest absolute Gasteiger partial charge is 0.321 e. The highest BCUT2D eigenvalue weighted by molar-refractivity contribution is 5.76. The summed E-state index contributed by atoms with van der Waals surface area (Å²) in [6, 6.07) is 3.02. The van der Waals surface area contributed by atoms with Crippen LogP contribution >= 0.6 is 0 Å². The molecule has 0 heterocycles. The highest BCUT2D eigenvalue weighted by Crippen LogP contribution is 2.37. The standard InChI is InChI=1S/C22H31NO8/c1-11(2)9-19(26)29-13(4)12(3)20(21(23)22(27)28)16-7-8-17(30-14(5)24)18(10-16)31-15(6)25/h7-8,10-13,20-21H,9,23H2,1-6H3,(H,27,28)/t12?,13?,20?,21-/m0/s1. The van der Waals surface area contributed by atoms with Crippen molar-refractivity contribution in [2.24, 2.45) is 17.6 Å². The number of carboxylic acid groups (broad SMARTS) is 1. The van der Waals surface area contributed by atoms with Crippen molar-refractivity contribution in [1.82, 2.24) is 0 Å². The van der Waals surface area contributed by atoms with E-state index >= 15 is 0 Å². The highest BCUT2D eigenvalue weighted by Gasteiger charge is 2.35. The molecule has 31 heavy (non-hydrogen) atoms. The Labute approximate surface area is 181 Å². The number of nitrogens with two attached hydrogens (primary N) is 1. The topological polar surface area (TPSA) is 142 Å². The van der Waals surface area contributed by atoms with E-state index in [4.69, 9.17) is 19.9 Å². The summed E-state index contributed by atoms with van der Waals surface area (Å²) in [4.78, 5) is 46.6. The third-order valence-corrected chi connectivity index (χ3v) is 4.73. The maximum Gasteiger partial charge on any atom is 0.321 e. The van der Waals surface area contributed by atoms with E-state index < -0.39 is 41.9 Å². The van der Waals surface area contributed by atoms with Crippen molar-refractivity contribution in [3.05, 3.63) is 23.8 Å². The highest BCUT2D eigenvalue weighted by atomic mass is 16.6. The Morgan fingerprint density at radius 1 is 0.968 bits per heavy atom. The Bertz CT molecular complexity index is 820. The first kappa shape index (κ1) is 26.1. The number of benzene rings is 1. The Morgan fingerprint density at radius 2 is 1.52 bits per heavy atom. The van der Waals surface area contributed by atoms with Gasteiger partial charge in [-0.05, 0) is 30.5 Å². The maximum absolute atomic E-state index is 12.1. The number of rotatable bonds is 10. The van der Waals surface area contributed by atoms with E-state index in [0.717, 1.165) is 0 Å². The molecule has 0 saturated carbocycles. The fourth-order valence-corrected chi connectivity index (χ4v) is 3.19.